The van der Waals surface area contributed by atoms with E-state index >= 15 is 0 Å². The molecule has 0 amide bonds. The molecule has 2 aromatic carbocycles. The van der Waals surface area contributed by atoms with Crippen molar-refractivity contribution in [2.45, 2.75) is 9.79 Å². The van der Waals surface area contributed by atoms with E-state index in [2.05, 4.69) is 22.9 Å². The van der Waals surface area contributed by atoms with Crippen LogP contribution in [0, 0.1) is 0 Å². The average Bonchev–Trinajstić information content (AvgIpc) is 3.01. The van der Waals surface area contributed by atoms with Gasteiger partial charge in [-0.2, -0.15) is 0 Å². The number of likely N-dealkylation sites (N-methyl/N-ethyl adjacent to an activating group) is 1. The summed E-state index contributed by atoms with van der Waals surface area (Å²) in [4.78, 5) is 5.36. The van der Waals surface area contributed by atoms with E-state index in [-0.39, 0.29) is 0 Å². The van der Waals surface area contributed by atoms with E-state index in [1.807, 2.05) is 29.8 Å². The number of aryl methyl sites for hydroxylation is 1. The van der Waals surface area contributed by atoms with Crippen molar-refractivity contribution in [3.63, 3.8) is 0 Å². The minimum atomic E-state index is -3.55. The van der Waals surface area contributed by atoms with E-state index in [0.29, 0.717) is 9.79 Å². The molecule has 4 rings (SSSR count). The summed E-state index contributed by atoms with van der Waals surface area (Å²) in [6.45, 7) is 3.91. The largest absolute Gasteiger partial charge is 0.367 e. The second-order valence-corrected chi connectivity index (χ2v) is 8.80. The number of anilines is 1. The Morgan fingerprint density at radius 2 is 1.54 bits per heavy atom. The van der Waals surface area contributed by atoms with E-state index in [4.69, 9.17) is 0 Å². The van der Waals surface area contributed by atoms with Crippen LogP contribution in [0.5, 0.6) is 0 Å². The molecule has 0 saturated carbocycles. The standard InChI is InChI=1S/C20H23N3O2S/c1-21-11-13-23(14-12-21)18-10-6-9-17-19(15-22(2)20(17)18)26(24,25)16-7-4-3-5-8-16/h3-10,15H,11-14H2,1-2H3. The molecule has 1 fully saturated rings. The fourth-order valence-electron chi connectivity index (χ4n) is 3.65. The van der Waals surface area contributed by atoms with Gasteiger partial charge in [0.05, 0.1) is 21.0 Å². The summed E-state index contributed by atoms with van der Waals surface area (Å²) in [7, 11) is 0.504. The summed E-state index contributed by atoms with van der Waals surface area (Å²) in [5.74, 6) is 0. The number of piperazine rings is 1. The van der Waals surface area contributed by atoms with Crippen molar-refractivity contribution in [2.24, 2.45) is 7.05 Å². The van der Waals surface area contributed by atoms with Gasteiger partial charge in [-0.25, -0.2) is 8.42 Å². The normalized spacial score (nSPS) is 16.3. The van der Waals surface area contributed by atoms with E-state index in [9.17, 15) is 8.42 Å². The van der Waals surface area contributed by atoms with Crippen LogP contribution in [0.3, 0.4) is 0 Å². The lowest BCUT2D eigenvalue weighted by Gasteiger charge is -2.34. The molecule has 1 aromatic heterocycles. The Hall–Kier alpha value is -2.31. The SMILES string of the molecule is CN1CCN(c2cccc3c(S(=O)(=O)c4ccccc4)cn(C)c23)CC1. The van der Waals surface area contributed by atoms with Crippen molar-refractivity contribution in [3.05, 3.63) is 54.7 Å². The number of sulfone groups is 1. The van der Waals surface area contributed by atoms with Crippen molar-refractivity contribution >= 4 is 26.4 Å². The Morgan fingerprint density at radius 1 is 0.846 bits per heavy atom. The Balaban J connectivity index is 1.86. The first-order valence-corrected chi connectivity index (χ1v) is 10.3. The molecule has 5 nitrogen and oxygen atoms in total. The molecule has 3 aromatic rings. The Labute approximate surface area is 154 Å². The number of hydrogen-bond acceptors (Lipinski definition) is 4. The molecule has 26 heavy (non-hydrogen) atoms. The molecule has 0 radical (unpaired) electrons. The highest BCUT2D eigenvalue weighted by molar-refractivity contribution is 7.91. The number of para-hydroxylation sites is 1. The predicted molar refractivity (Wildman–Crippen MR) is 105 cm³/mol. The van der Waals surface area contributed by atoms with Gasteiger partial charge < -0.3 is 14.4 Å². The molecule has 1 aliphatic heterocycles. The highest BCUT2D eigenvalue weighted by atomic mass is 32.2. The molecule has 6 heteroatoms. The number of benzene rings is 2. The summed E-state index contributed by atoms with van der Waals surface area (Å²) in [6, 6.07) is 14.6. The zero-order chi connectivity index (χ0) is 18.3. The van der Waals surface area contributed by atoms with Crippen molar-refractivity contribution in [1.29, 1.82) is 0 Å². The van der Waals surface area contributed by atoms with Gasteiger partial charge in [-0.15, -0.1) is 0 Å². The Bertz CT molecular complexity index is 1030. The van der Waals surface area contributed by atoms with Crippen LogP contribution in [0.2, 0.25) is 0 Å². The summed E-state index contributed by atoms with van der Waals surface area (Å²) in [5.41, 5.74) is 2.08. The van der Waals surface area contributed by atoms with Crippen LogP contribution in [0.1, 0.15) is 0 Å². The first kappa shape index (κ1) is 17.1. The molecule has 1 saturated heterocycles. The van der Waals surface area contributed by atoms with Gasteiger partial charge in [-0.05, 0) is 25.2 Å². The Kier molecular flexibility index (Phi) is 4.25. The Morgan fingerprint density at radius 3 is 2.23 bits per heavy atom. The fraction of sp³-hybridized carbons (Fsp3) is 0.300. The van der Waals surface area contributed by atoms with Crippen LogP contribution in [-0.4, -0.2) is 51.1 Å². The number of aromatic nitrogens is 1. The molecule has 0 bridgehead atoms. The lowest BCUT2D eigenvalue weighted by molar-refractivity contribution is 0.313. The monoisotopic (exact) mass is 369 g/mol. The second kappa shape index (κ2) is 6.45. The third kappa shape index (κ3) is 2.79. The first-order chi connectivity index (χ1) is 12.5. The maximum atomic E-state index is 13.2. The molecule has 0 aliphatic carbocycles. The van der Waals surface area contributed by atoms with Gasteiger partial charge in [-0.3, -0.25) is 0 Å². The summed E-state index contributed by atoms with van der Waals surface area (Å²) >= 11 is 0. The van der Waals surface area contributed by atoms with E-state index < -0.39 is 9.84 Å². The molecular weight excluding hydrogens is 346 g/mol. The highest BCUT2D eigenvalue weighted by Crippen LogP contribution is 2.35. The minimum Gasteiger partial charge on any atom is -0.367 e. The maximum absolute atomic E-state index is 13.2. The molecule has 0 atom stereocenters. The third-order valence-corrected chi connectivity index (χ3v) is 6.93. The van der Waals surface area contributed by atoms with Crippen LogP contribution in [0.25, 0.3) is 10.9 Å². The molecule has 1 aliphatic rings. The van der Waals surface area contributed by atoms with Crippen molar-refractivity contribution in [3.8, 4) is 0 Å². The van der Waals surface area contributed by atoms with Gasteiger partial charge in [0, 0.05) is 44.8 Å². The summed E-state index contributed by atoms with van der Waals surface area (Å²) < 4.78 is 28.3. The second-order valence-electron chi connectivity index (χ2n) is 6.88. The fourth-order valence-corrected chi connectivity index (χ4v) is 5.17. The van der Waals surface area contributed by atoms with Crippen LogP contribution in [0.4, 0.5) is 5.69 Å². The smallest absolute Gasteiger partial charge is 0.208 e. The van der Waals surface area contributed by atoms with Crippen LogP contribution in [-0.2, 0) is 16.9 Å². The van der Waals surface area contributed by atoms with Crippen LogP contribution in [0.15, 0.2) is 64.5 Å². The summed E-state index contributed by atoms with van der Waals surface area (Å²) in [6.07, 6.45) is 1.74. The van der Waals surface area contributed by atoms with E-state index in [0.717, 1.165) is 42.8 Å². The van der Waals surface area contributed by atoms with Crippen molar-refractivity contribution in [2.75, 3.05) is 38.1 Å². The first-order valence-electron chi connectivity index (χ1n) is 8.80. The van der Waals surface area contributed by atoms with Crippen LogP contribution < -0.4 is 4.90 Å². The topological polar surface area (TPSA) is 45.6 Å². The van der Waals surface area contributed by atoms with Gasteiger partial charge in [0.15, 0.2) is 0 Å². The molecular formula is C20H23N3O2S. The average molecular weight is 369 g/mol. The number of rotatable bonds is 3. The van der Waals surface area contributed by atoms with Crippen LogP contribution >= 0.6 is 0 Å². The lowest BCUT2D eigenvalue weighted by atomic mass is 10.2. The zero-order valence-corrected chi connectivity index (χ0v) is 15.9. The molecule has 136 valence electrons. The number of nitrogens with zero attached hydrogens (tertiary/aromatic N) is 3. The van der Waals surface area contributed by atoms with Crippen molar-refractivity contribution in [1.82, 2.24) is 9.47 Å². The lowest BCUT2D eigenvalue weighted by Crippen LogP contribution is -2.44. The molecule has 0 unspecified atom stereocenters. The molecule has 0 N–H and O–H groups in total. The highest BCUT2D eigenvalue weighted by Gasteiger charge is 2.25. The van der Waals surface area contributed by atoms with E-state index in [1.54, 1.807) is 30.5 Å². The summed E-state index contributed by atoms with van der Waals surface area (Å²) in [5, 5.41) is 0.785. The predicted octanol–water partition coefficient (Wildman–Crippen LogP) is 2.76. The molecule has 2 heterocycles. The number of fused-ring (bicyclic) bond motifs is 1. The van der Waals surface area contributed by atoms with Gasteiger partial charge in [0.25, 0.3) is 0 Å². The molecule has 0 spiro atoms. The number of hydrogen-bond donors (Lipinski definition) is 0. The zero-order valence-electron chi connectivity index (χ0n) is 15.1. The van der Waals surface area contributed by atoms with Gasteiger partial charge in [0.2, 0.25) is 9.84 Å². The van der Waals surface area contributed by atoms with Crippen molar-refractivity contribution < 1.29 is 8.42 Å². The third-order valence-electron chi connectivity index (χ3n) is 5.13. The minimum absolute atomic E-state index is 0.331. The quantitative estimate of drug-likeness (QED) is 0.712. The maximum Gasteiger partial charge on any atom is 0.208 e. The van der Waals surface area contributed by atoms with Gasteiger partial charge in [-0.1, -0.05) is 30.3 Å². The van der Waals surface area contributed by atoms with Gasteiger partial charge in [0.1, 0.15) is 0 Å². The van der Waals surface area contributed by atoms with Gasteiger partial charge >= 0.3 is 0 Å². The van der Waals surface area contributed by atoms with E-state index in [1.165, 1.54) is 0 Å².